The Morgan fingerprint density at radius 1 is 1.47 bits per heavy atom. The molecule has 1 aliphatic rings. The van der Waals surface area contributed by atoms with Gasteiger partial charge in [-0.3, -0.25) is 9.78 Å². The van der Waals surface area contributed by atoms with Crippen molar-refractivity contribution >= 4 is 33.0 Å². The fourth-order valence-corrected chi connectivity index (χ4v) is 3.82. The molecule has 1 fully saturated rings. The third-order valence-electron chi connectivity index (χ3n) is 3.92. The summed E-state index contributed by atoms with van der Waals surface area (Å²) in [5, 5.41) is 0.933. The molecule has 0 aliphatic heterocycles. The van der Waals surface area contributed by atoms with Gasteiger partial charge in [0.25, 0.3) is 5.91 Å². The number of aromatic nitrogens is 1. The molecule has 2 heterocycles. The second-order valence-corrected chi connectivity index (χ2v) is 6.12. The summed E-state index contributed by atoms with van der Waals surface area (Å²) in [6.07, 6.45) is 8.12. The highest BCUT2D eigenvalue weighted by Gasteiger charge is 2.27. The van der Waals surface area contributed by atoms with Crippen LogP contribution in [0.1, 0.15) is 35.4 Å². The summed E-state index contributed by atoms with van der Waals surface area (Å²) < 4.78 is 0.975. The first-order valence-corrected chi connectivity index (χ1v) is 7.39. The van der Waals surface area contributed by atoms with Crippen molar-refractivity contribution in [1.82, 2.24) is 9.88 Å². The lowest BCUT2D eigenvalue weighted by Gasteiger charge is -2.23. The van der Waals surface area contributed by atoms with Crippen LogP contribution >= 0.6 is 11.3 Å². The van der Waals surface area contributed by atoms with Gasteiger partial charge in [-0.25, -0.2) is 0 Å². The highest BCUT2D eigenvalue weighted by Crippen LogP contribution is 2.34. The Balaban J connectivity index is 1.94. The van der Waals surface area contributed by atoms with Crippen LogP contribution < -0.4 is 5.73 Å². The summed E-state index contributed by atoms with van der Waals surface area (Å²) in [5.74, 6) is 0.0469. The van der Waals surface area contributed by atoms with Crippen LogP contribution in [0, 0.1) is 0 Å². The van der Waals surface area contributed by atoms with Gasteiger partial charge in [0, 0.05) is 30.9 Å². The molecule has 3 rings (SSSR count). The third-order valence-corrected chi connectivity index (χ3v) is 5.06. The summed E-state index contributed by atoms with van der Waals surface area (Å²) in [6, 6.07) is 2.24. The number of carbonyl (C=O) groups excluding carboxylic acids is 1. The Labute approximate surface area is 116 Å². The van der Waals surface area contributed by atoms with E-state index in [1.54, 1.807) is 12.4 Å². The average Bonchev–Trinajstić information content (AvgIpc) is 3.06. The summed E-state index contributed by atoms with van der Waals surface area (Å²) in [4.78, 5) is 19.1. The van der Waals surface area contributed by atoms with Gasteiger partial charge in [0.1, 0.15) is 4.88 Å². The van der Waals surface area contributed by atoms with Crippen LogP contribution in [0.4, 0.5) is 5.69 Å². The summed E-state index contributed by atoms with van der Waals surface area (Å²) in [7, 11) is 1.89. The Morgan fingerprint density at radius 3 is 2.89 bits per heavy atom. The van der Waals surface area contributed by atoms with Crippen LogP contribution in [0.15, 0.2) is 18.5 Å². The van der Waals surface area contributed by atoms with Gasteiger partial charge in [0.2, 0.25) is 0 Å². The van der Waals surface area contributed by atoms with E-state index in [1.165, 1.54) is 24.2 Å². The Morgan fingerprint density at radius 2 is 2.21 bits per heavy atom. The highest BCUT2D eigenvalue weighted by molar-refractivity contribution is 7.21. The van der Waals surface area contributed by atoms with Crippen molar-refractivity contribution in [3.8, 4) is 0 Å². The van der Waals surface area contributed by atoms with Crippen LogP contribution in [-0.4, -0.2) is 28.9 Å². The maximum Gasteiger partial charge on any atom is 0.266 e. The Kier molecular flexibility index (Phi) is 3.14. The number of pyridine rings is 1. The number of nitrogens with zero attached hydrogens (tertiary/aromatic N) is 2. The van der Waals surface area contributed by atoms with Gasteiger partial charge < -0.3 is 10.6 Å². The van der Waals surface area contributed by atoms with Crippen molar-refractivity contribution < 1.29 is 4.79 Å². The minimum atomic E-state index is 0.0469. The van der Waals surface area contributed by atoms with Crippen LogP contribution in [0.2, 0.25) is 0 Å². The Hall–Kier alpha value is -1.62. The van der Waals surface area contributed by atoms with E-state index in [4.69, 9.17) is 5.73 Å². The monoisotopic (exact) mass is 275 g/mol. The van der Waals surface area contributed by atoms with Crippen molar-refractivity contribution in [2.45, 2.75) is 31.7 Å². The van der Waals surface area contributed by atoms with Crippen LogP contribution in [-0.2, 0) is 0 Å². The zero-order chi connectivity index (χ0) is 13.4. The molecule has 1 amide bonds. The molecule has 2 aromatic heterocycles. The first-order chi connectivity index (χ1) is 9.18. The van der Waals surface area contributed by atoms with Crippen LogP contribution in [0.25, 0.3) is 10.1 Å². The van der Waals surface area contributed by atoms with Crippen molar-refractivity contribution in [3.63, 3.8) is 0 Å². The van der Waals surface area contributed by atoms with Crippen LogP contribution in [0.3, 0.4) is 0 Å². The van der Waals surface area contributed by atoms with Crippen molar-refractivity contribution in [2.24, 2.45) is 0 Å². The second-order valence-electron chi connectivity index (χ2n) is 5.07. The first-order valence-electron chi connectivity index (χ1n) is 6.57. The molecular formula is C14H17N3OS. The first kappa shape index (κ1) is 12.4. The highest BCUT2D eigenvalue weighted by atomic mass is 32.1. The molecule has 0 spiro atoms. The molecule has 0 unspecified atom stereocenters. The molecule has 0 aromatic carbocycles. The molecule has 0 bridgehead atoms. The van der Waals surface area contributed by atoms with E-state index in [-0.39, 0.29) is 5.91 Å². The maximum atomic E-state index is 12.6. The number of carbonyl (C=O) groups is 1. The maximum absolute atomic E-state index is 12.6. The number of thiophene rings is 1. The normalized spacial score (nSPS) is 16.1. The number of hydrogen-bond donors (Lipinski definition) is 1. The summed E-state index contributed by atoms with van der Waals surface area (Å²) >= 11 is 1.44. The van der Waals surface area contributed by atoms with E-state index in [9.17, 15) is 4.79 Å². The van der Waals surface area contributed by atoms with E-state index >= 15 is 0 Å². The lowest BCUT2D eigenvalue weighted by Crippen LogP contribution is -2.35. The number of nitrogen functional groups attached to an aromatic ring is 1. The van der Waals surface area contributed by atoms with Gasteiger partial charge in [0.05, 0.1) is 10.4 Å². The van der Waals surface area contributed by atoms with E-state index in [2.05, 4.69) is 4.98 Å². The fourth-order valence-electron chi connectivity index (χ4n) is 2.75. The standard InChI is InChI=1S/C14H17N3OS/c1-17(9-4-2-3-5-9)14(18)13-12(15)10-6-7-16-8-11(10)19-13/h6-9H,2-5,15H2,1H3. The zero-order valence-electron chi connectivity index (χ0n) is 10.9. The fraction of sp³-hybridized carbons (Fsp3) is 0.429. The molecule has 0 radical (unpaired) electrons. The van der Waals surface area contributed by atoms with Gasteiger partial charge in [0.15, 0.2) is 0 Å². The number of anilines is 1. The van der Waals surface area contributed by atoms with Gasteiger partial charge in [-0.05, 0) is 18.9 Å². The SMILES string of the molecule is CN(C(=O)c1sc2cnccc2c1N)C1CCCC1. The second kappa shape index (κ2) is 4.81. The number of rotatable bonds is 2. The van der Waals surface area contributed by atoms with E-state index < -0.39 is 0 Å². The van der Waals surface area contributed by atoms with E-state index in [0.29, 0.717) is 16.6 Å². The molecule has 1 aliphatic carbocycles. The summed E-state index contributed by atoms with van der Waals surface area (Å²) in [5.41, 5.74) is 6.71. The molecule has 100 valence electrons. The number of hydrogen-bond acceptors (Lipinski definition) is 4. The van der Waals surface area contributed by atoms with Crippen molar-refractivity contribution in [2.75, 3.05) is 12.8 Å². The molecule has 19 heavy (non-hydrogen) atoms. The third kappa shape index (κ3) is 2.08. The molecule has 2 aromatic rings. The molecule has 1 saturated carbocycles. The largest absolute Gasteiger partial charge is 0.397 e. The van der Waals surface area contributed by atoms with Crippen molar-refractivity contribution in [3.05, 3.63) is 23.3 Å². The number of fused-ring (bicyclic) bond motifs is 1. The molecule has 0 atom stereocenters. The van der Waals surface area contributed by atoms with Gasteiger partial charge in [-0.2, -0.15) is 0 Å². The van der Waals surface area contributed by atoms with E-state index in [1.807, 2.05) is 18.0 Å². The molecule has 5 heteroatoms. The lowest BCUT2D eigenvalue weighted by molar-refractivity contribution is 0.0741. The predicted molar refractivity (Wildman–Crippen MR) is 78.4 cm³/mol. The molecule has 0 saturated heterocycles. The van der Waals surface area contributed by atoms with Gasteiger partial charge >= 0.3 is 0 Å². The van der Waals surface area contributed by atoms with Gasteiger partial charge in [-0.1, -0.05) is 12.8 Å². The zero-order valence-corrected chi connectivity index (χ0v) is 11.7. The van der Waals surface area contributed by atoms with Crippen molar-refractivity contribution in [1.29, 1.82) is 0 Å². The smallest absolute Gasteiger partial charge is 0.266 e. The predicted octanol–water partition coefficient (Wildman–Crippen LogP) is 2.89. The summed E-state index contributed by atoms with van der Waals surface area (Å²) in [6.45, 7) is 0. The number of amides is 1. The van der Waals surface area contributed by atoms with E-state index in [0.717, 1.165) is 22.9 Å². The van der Waals surface area contributed by atoms with Gasteiger partial charge in [-0.15, -0.1) is 11.3 Å². The quantitative estimate of drug-likeness (QED) is 0.916. The molecule has 4 nitrogen and oxygen atoms in total. The molecule has 2 N–H and O–H groups in total. The lowest BCUT2D eigenvalue weighted by atomic mass is 10.2. The minimum Gasteiger partial charge on any atom is -0.397 e. The number of nitrogens with two attached hydrogens (primary N) is 1. The van der Waals surface area contributed by atoms with Crippen LogP contribution in [0.5, 0.6) is 0 Å². The topological polar surface area (TPSA) is 59.2 Å². The average molecular weight is 275 g/mol. The minimum absolute atomic E-state index is 0.0469. The molecular weight excluding hydrogens is 258 g/mol. The Bertz CT molecular complexity index is 616.